The highest BCUT2D eigenvalue weighted by molar-refractivity contribution is 7.89. The van der Waals surface area contributed by atoms with Gasteiger partial charge in [-0.2, -0.15) is 5.06 Å². The maximum absolute atomic E-state index is 13.0. The maximum atomic E-state index is 13.0. The summed E-state index contributed by atoms with van der Waals surface area (Å²) in [6, 6.07) is 7.00. The van der Waals surface area contributed by atoms with Gasteiger partial charge in [0, 0.05) is 25.2 Å². The highest BCUT2D eigenvalue weighted by Crippen LogP contribution is 2.38. The third-order valence-corrected chi connectivity index (χ3v) is 7.06. The molecule has 1 aromatic rings. The van der Waals surface area contributed by atoms with Gasteiger partial charge in [0.05, 0.1) is 12.6 Å². The average Bonchev–Trinajstić information content (AvgIpc) is 2.91. The zero-order chi connectivity index (χ0) is 15.7. The fraction of sp³-hybridized carbons (Fsp3) is 0.600. The minimum Gasteiger partial charge on any atom is -0.297 e. The van der Waals surface area contributed by atoms with Crippen LogP contribution in [0.1, 0.15) is 30.9 Å². The molecule has 7 heteroatoms. The van der Waals surface area contributed by atoms with Crippen molar-refractivity contribution in [3.63, 3.8) is 0 Å². The Kier molecular flexibility index (Phi) is 4.75. The first kappa shape index (κ1) is 16.2. The van der Waals surface area contributed by atoms with Crippen LogP contribution in [-0.2, 0) is 14.9 Å². The van der Waals surface area contributed by atoms with Crippen molar-refractivity contribution in [2.24, 2.45) is 0 Å². The van der Waals surface area contributed by atoms with E-state index in [2.05, 4.69) is 0 Å². The number of rotatable bonds is 3. The van der Waals surface area contributed by atoms with Crippen LogP contribution in [0.3, 0.4) is 0 Å². The van der Waals surface area contributed by atoms with Gasteiger partial charge in [-0.05, 0) is 24.5 Å². The fourth-order valence-corrected chi connectivity index (χ4v) is 5.54. The van der Waals surface area contributed by atoms with Crippen molar-refractivity contribution >= 4 is 21.6 Å². The second-order valence-corrected chi connectivity index (χ2v) is 8.41. The summed E-state index contributed by atoms with van der Waals surface area (Å²) in [5.41, 5.74) is 0.801. The number of hydrogen-bond acceptors (Lipinski definition) is 4. The van der Waals surface area contributed by atoms with E-state index in [4.69, 9.17) is 16.4 Å². The van der Waals surface area contributed by atoms with E-state index in [1.807, 2.05) is 18.2 Å². The van der Waals surface area contributed by atoms with Crippen molar-refractivity contribution < 1.29 is 13.3 Å². The molecule has 0 unspecified atom stereocenters. The molecule has 122 valence electrons. The predicted molar refractivity (Wildman–Crippen MR) is 86.0 cm³/mol. The lowest BCUT2D eigenvalue weighted by Gasteiger charge is -2.31. The number of hydrogen-bond donors (Lipinski definition) is 0. The van der Waals surface area contributed by atoms with Crippen molar-refractivity contribution in [3.8, 4) is 0 Å². The largest absolute Gasteiger partial charge is 0.297 e. The number of benzene rings is 1. The van der Waals surface area contributed by atoms with Gasteiger partial charge < -0.3 is 0 Å². The summed E-state index contributed by atoms with van der Waals surface area (Å²) in [6.45, 7) is 1.39. The third-order valence-electron chi connectivity index (χ3n) is 4.47. The lowest BCUT2D eigenvalue weighted by Crippen LogP contribution is -2.44. The van der Waals surface area contributed by atoms with Gasteiger partial charge in [-0.3, -0.25) is 4.84 Å². The molecule has 3 rings (SSSR count). The number of halogens is 1. The average molecular weight is 345 g/mol. The Morgan fingerprint density at radius 1 is 1.18 bits per heavy atom. The van der Waals surface area contributed by atoms with E-state index in [1.165, 1.54) is 0 Å². The highest BCUT2D eigenvalue weighted by atomic mass is 35.5. The summed E-state index contributed by atoms with van der Waals surface area (Å²) in [5.74, 6) is 0. The molecular formula is C15H21ClN2O3S. The molecule has 0 amide bonds. The van der Waals surface area contributed by atoms with Gasteiger partial charge in [0.2, 0.25) is 10.0 Å². The minimum absolute atomic E-state index is 0.172. The Hall–Kier alpha value is -0.660. The highest BCUT2D eigenvalue weighted by Gasteiger charge is 2.46. The van der Waals surface area contributed by atoms with Gasteiger partial charge in [0.1, 0.15) is 5.25 Å². The molecular weight excluding hydrogens is 324 g/mol. The fourth-order valence-electron chi connectivity index (χ4n) is 3.27. The predicted octanol–water partition coefficient (Wildman–Crippen LogP) is 2.44. The topological polar surface area (TPSA) is 49.9 Å². The minimum atomic E-state index is -3.40. The quantitative estimate of drug-likeness (QED) is 0.845. The summed E-state index contributed by atoms with van der Waals surface area (Å²) in [4.78, 5) is 5.53. The van der Waals surface area contributed by atoms with Crippen LogP contribution in [0.2, 0.25) is 5.02 Å². The maximum Gasteiger partial charge on any atom is 0.221 e. The second-order valence-electron chi connectivity index (χ2n) is 5.85. The van der Waals surface area contributed by atoms with Crippen LogP contribution in [0.5, 0.6) is 0 Å². The van der Waals surface area contributed by atoms with Crippen LogP contribution >= 0.6 is 11.6 Å². The molecule has 2 heterocycles. The van der Waals surface area contributed by atoms with Crippen molar-refractivity contribution in [2.75, 3.05) is 26.7 Å². The van der Waals surface area contributed by atoms with Crippen molar-refractivity contribution in [1.82, 2.24) is 9.37 Å². The summed E-state index contributed by atoms with van der Waals surface area (Å²) < 4.78 is 27.6. The lowest BCUT2D eigenvalue weighted by molar-refractivity contribution is -0.110. The smallest absolute Gasteiger partial charge is 0.221 e. The Balaban J connectivity index is 1.93. The van der Waals surface area contributed by atoms with Crippen LogP contribution in [0.4, 0.5) is 0 Å². The van der Waals surface area contributed by atoms with Gasteiger partial charge in [-0.25, -0.2) is 12.7 Å². The van der Waals surface area contributed by atoms with Gasteiger partial charge in [-0.1, -0.05) is 36.2 Å². The molecule has 0 saturated carbocycles. The molecule has 0 spiro atoms. The zero-order valence-corrected chi connectivity index (χ0v) is 14.2. The first-order chi connectivity index (χ1) is 10.5. The van der Waals surface area contributed by atoms with Crippen LogP contribution < -0.4 is 0 Å². The monoisotopic (exact) mass is 344 g/mol. The molecule has 2 aliphatic rings. The van der Waals surface area contributed by atoms with Gasteiger partial charge in [-0.15, -0.1) is 0 Å². The molecule has 2 atom stereocenters. The Labute approximate surface area is 136 Å². The van der Waals surface area contributed by atoms with Gasteiger partial charge >= 0.3 is 0 Å². The van der Waals surface area contributed by atoms with Crippen LogP contribution in [0.25, 0.3) is 0 Å². The molecule has 0 N–H and O–H groups in total. The molecule has 22 heavy (non-hydrogen) atoms. The molecule has 5 nitrogen and oxygen atoms in total. The van der Waals surface area contributed by atoms with E-state index in [0.29, 0.717) is 18.1 Å². The van der Waals surface area contributed by atoms with Crippen molar-refractivity contribution in [1.29, 1.82) is 0 Å². The van der Waals surface area contributed by atoms with E-state index >= 15 is 0 Å². The van der Waals surface area contributed by atoms with Gasteiger partial charge in [0.25, 0.3) is 0 Å². The van der Waals surface area contributed by atoms with E-state index in [1.54, 1.807) is 22.5 Å². The van der Waals surface area contributed by atoms with Crippen LogP contribution in [0.15, 0.2) is 24.3 Å². The van der Waals surface area contributed by atoms with Gasteiger partial charge in [0.15, 0.2) is 0 Å². The summed E-state index contributed by atoms with van der Waals surface area (Å²) in [5, 5.41) is 1.58. The second kappa shape index (κ2) is 6.45. The molecule has 0 bridgehead atoms. The number of sulfonamides is 1. The standard InChI is InChI=1S/C15H21ClN2O3S/c1-17-15(12-7-3-4-8-13(12)16)14(11-21-17)22(19,20)18-9-5-2-6-10-18/h3-4,7-8,14-15H,2,5-6,9-11H2,1H3/t14-,15+/m0/s1. The molecule has 0 radical (unpaired) electrons. The molecule has 0 aromatic heterocycles. The van der Waals surface area contributed by atoms with Crippen LogP contribution in [0, 0.1) is 0 Å². The lowest BCUT2D eigenvalue weighted by atomic mass is 10.0. The Bertz CT molecular complexity index is 631. The van der Waals surface area contributed by atoms with E-state index in [9.17, 15) is 8.42 Å². The third kappa shape index (κ3) is 2.90. The number of hydroxylamine groups is 2. The molecule has 1 aromatic carbocycles. The molecule has 2 aliphatic heterocycles. The zero-order valence-electron chi connectivity index (χ0n) is 12.6. The molecule has 2 saturated heterocycles. The van der Waals surface area contributed by atoms with E-state index in [0.717, 1.165) is 24.8 Å². The van der Waals surface area contributed by atoms with E-state index < -0.39 is 15.3 Å². The Morgan fingerprint density at radius 3 is 2.55 bits per heavy atom. The first-order valence-electron chi connectivity index (χ1n) is 7.61. The first-order valence-corrected chi connectivity index (χ1v) is 9.49. The van der Waals surface area contributed by atoms with E-state index in [-0.39, 0.29) is 12.6 Å². The van der Waals surface area contributed by atoms with Crippen LogP contribution in [-0.4, -0.2) is 49.8 Å². The number of nitrogens with zero attached hydrogens (tertiary/aromatic N) is 2. The number of piperidine rings is 1. The normalized spacial score (nSPS) is 28.1. The Morgan fingerprint density at radius 2 is 1.86 bits per heavy atom. The van der Waals surface area contributed by atoms with Crippen molar-refractivity contribution in [3.05, 3.63) is 34.9 Å². The summed E-state index contributed by atoms with van der Waals surface area (Å²) >= 11 is 6.28. The van der Waals surface area contributed by atoms with Crippen molar-refractivity contribution in [2.45, 2.75) is 30.6 Å². The molecule has 2 fully saturated rings. The summed E-state index contributed by atoms with van der Waals surface area (Å²) in [7, 11) is -1.64. The summed E-state index contributed by atoms with van der Waals surface area (Å²) in [6.07, 6.45) is 2.96. The molecule has 0 aliphatic carbocycles. The SMILES string of the molecule is CN1OC[C@H](S(=O)(=O)N2CCCCC2)[C@H]1c1ccccc1Cl.